The normalized spacial score (nSPS) is 44.2. The molecular formula is C17H31ClN2O. The van der Waals surface area contributed by atoms with Crippen LogP contribution in [0, 0.1) is 22.7 Å². The molecule has 3 nitrogen and oxygen atoms in total. The maximum atomic E-state index is 12.6. The molecule has 3 aliphatic rings. The van der Waals surface area contributed by atoms with E-state index in [0.29, 0.717) is 28.8 Å². The summed E-state index contributed by atoms with van der Waals surface area (Å²) in [6, 6.07) is 0.875. The molecule has 1 saturated heterocycles. The summed E-state index contributed by atoms with van der Waals surface area (Å²) in [6.45, 7) is 10.4. The average molecular weight is 315 g/mol. The minimum Gasteiger partial charge on any atom is -0.353 e. The van der Waals surface area contributed by atoms with Gasteiger partial charge < -0.3 is 10.6 Å². The summed E-state index contributed by atoms with van der Waals surface area (Å²) in [4.78, 5) is 12.6. The number of carbonyl (C=O) groups is 1. The molecule has 0 aromatic carbocycles. The summed E-state index contributed by atoms with van der Waals surface area (Å²) < 4.78 is 0. The summed E-state index contributed by atoms with van der Waals surface area (Å²) >= 11 is 0. The van der Waals surface area contributed by atoms with Crippen molar-refractivity contribution in [2.24, 2.45) is 22.7 Å². The second-order valence-corrected chi connectivity index (χ2v) is 8.25. The first-order valence-electron chi connectivity index (χ1n) is 8.38. The topological polar surface area (TPSA) is 41.1 Å². The van der Waals surface area contributed by atoms with Crippen molar-refractivity contribution in [2.75, 3.05) is 6.54 Å². The van der Waals surface area contributed by atoms with Crippen LogP contribution in [-0.4, -0.2) is 24.5 Å². The zero-order valence-corrected chi connectivity index (χ0v) is 14.7. The van der Waals surface area contributed by atoms with E-state index < -0.39 is 0 Å². The minimum atomic E-state index is 0. The van der Waals surface area contributed by atoms with Gasteiger partial charge in [0, 0.05) is 18.0 Å². The number of hydrogen-bond donors (Lipinski definition) is 2. The number of amides is 1. The Balaban J connectivity index is 0.00000161. The van der Waals surface area contributed by atoms with Crippen molar-refractivity contribution in [3.8, 4) is 0 Å². The molecule has 4 heteroatoms. The van der Waals surface area contributed by atoms with Crippen molar-refractivity contribution in [2.45, 2.75) is 71.9 Å². The Labute approximate surface area is 135 Å². The van der Waals surface area contributed by atoms with Gasteiger partial charge in [-0.15, -0.1) is 12.4 Å². The third-order valence-corrected chi connectivity index (χ3v) is 7.10. The molecule has 2 bridgehead atoms. The lowest BCUT2D eigenvalue weighted by molar-refractivity contribution is -0.127. The lowest BCUT2D eigenvalue weighted by atomic mass is 9.69. The van der Waals surface area contributed by atoms with E-state index in [-0.39, 0.29) is 18.3 Å². The van der Waals surface area contributed by atoms with Gasteiger partial charge in [0.15, 0.2) is 0 Å². The lowest BCUT2D eigenvalue weighted by Crippen LogP contribution is -2.50. The Morgan fingerprint density at radius 1 is 1.19 bits per heavy atom. The van der Waals surface area contributed by atoms with Gasteiger partial charge in [0.25, 0.3) is 0 Å². The van der Waals surface area contributed by atoms with Gasteiger partial charge in [-0.1, -0.05) is 20.8 Å². The number of halogens is 1. The molecule has 21 heavy (non-hydrogen) atoms. The Morgan fingerprint density at radius 3 is 2.43 bits per heavy atom. The van der Waals surface area contributed by atoms with Gasteiger partial charge in [-0.2, -0.15) is 0 Å². The molecular weight excluding hydrogens is 284 g/mol. The van der Waals surface area contributed by atoms with E-state index in [1.54, 1.807) is 0 Å². The van der Waals surface area contributed by atoms with Crippen molar-refractivity contribution in [1.29, 1.82) is 0 Å². The van der Waals surface area contributed by atoms with Crippen LogP contribution in [0.25, 0.3) is 0 Å². The second kappa shape index (κ2) is 5.73. The van der Waals surface area contributed by atoms with E-state index in [4.69, 9.17) is 0 Å². The second-order valence-electron chi connectivity index (χ2n) is 8.25. The van der Waals surface area contributed by atoms with E-state index in [1.165, 1.54) is 19.3 Å². The van der Waals surface area contributed by atoms with Crippen molar-refractivity contribution in [3.05, 3.63) is 0 Å². The molecule has 0 radical (unpaired) electrons. The van der Waals surface area contributed by atoms with Gasteiger partial charge in [-0.3, -0.25) is 4.79 Å². The Morgan fingerprint density at radius 2 is 1.90 bits per heavy atom. The fraction of sp³-hybridized carbons (Fsp3) is 0.941. The van der Waals surface area contributed by atoms with E-state index in [2.05, 4.69) is 38.3 Å². The van der Waals surface area contributed by atoms with Crippen LogP contribution in [0.3, 0.4) is 0 Å². The Hall–Kier alpha value is -0.280. The van der Waals surface area contributed by atoms with Gasteiger partial charge in [0.2, 0.25) is 5.91 Å². The van der Waals surface area contributed by atoms with Crippen LogP contribution in [0.15, 0.2) is 0 Å². The molecule has 2 N–H and O–H groups in total. The highest BCUT2D eigenvalue weighted by molar-refractivity contribution is 5.85. The molecule has 1 amide bonds. The molecule has 1 heterocycles. The van der Waals surface area contributed by atoms with Crippen molar-refractivity contribution in [1.82, 2.24) is 10.6 Å². The third-order valence-electron chi connectivity index (χ3n) is 7.10. The fourth-order valence-electron chi connectivity index (χ4n) is 5.08. The monoisotopic (exact) mass is 314 g/mol. The molecule has 0 aromatic heterocycles. The highest BCUT2D eigenvalue weighted by atomic mass is 35.5. The van der Waals surface area contributed by atoms with Gasteiger partial charge in [0.05, 0.1) is 0 Å². The maximum Gasteiger partial charge on any atom is 0.223 e. The molecule has 1 aliphatic heterocycles. The SMILES string of the molecule is C[C@H]1C[C@@H](C(=O)NC2CC3CCC2(C)C3(C)C)CCN1.Cl. The quantitative estimate of drug-likeness (QED) is 0.822. The number of hydrogen-bond acceptors (Lipinski definition) is 2. The van der Waals surface area contributed by atoms with Crippen LogP contribution in [0.2, 0.25) is 0 Å². The fourth-order valence-corrected chi connectivity index (χ4v) is 5.08. The van der Waals surface area contributed by atoms with E-state index in [9.17, 15) is 4.79 Å². The first kappa shape index (κ1) is 17.1. The molecule has 2 aliphatic carbocycles. The first-order valence-corrected chi connectivity index (χ1v) is 8.38. The summed E-state index contributed by atoms with van der Waals surface area (Å²) in [5, 5.41) is 6.86. The molecule has 0 spiro atoms. The highest BCUT2D eigenvalue weighted by Crippen LogP contribution is 2.65. The van der Waals surface area contributed by atoms with Crippen LogP contribution in [0.4, 0.5) is 0 Å². The molecule has 5 atom stereocenters. The van der Waals surface area contributed by atoms with E-state index in [1.807, 2.05) is 0 Å². The lowest BCUT2D eigenvalue weighted by Gasteiger charge is -2.40. The summed E-state index contributed by atoms with van der Waals surface area (Å²) in [5.74, 6) is 1.33. The van der Waals surface area contributed by atoms with Crippen LogP contribution in [0.1, 0.15) is 59.8 Å². The molecule has 3 rings (SSSR count). The number of piperidine rings is 1. The zero-order chi connectivity index (χ0) is 14.5. The predicted octanol–water partition coefficient (Wildman–Crippen LogP) is 3.13. The van der Waals surface area contributed by atoms with Gasteiger partial charge >= 0.3 is 0 Å². The van der Waals surface area contributed by atoms with Gasteiger partial charge in [-0.25, -0.2) is 0 Å². The Kier molecular flexibility index (Phi) is 4.66. The summed E-state index contributed by atoms with van der Waals surface area (Å²) in [6.07, 6.45) is 5.79. The van der Waals surface area contributed by atoms with Gasteiger partial charge in [-0.05, 0) is 62.3 Å². The third kappa shape index (κ3) is 2.61. The highest BCUT2D eigenvalue weighted by Gasteiger charge is 2.61. The molecule has 3 unspecified atom stereocenters. The van der Waals surface area contributed by atoms with E-state index >= 15 is 0 Å². The van der Waals surface area contributed by atoms with Crippen LogP contribution >= 0.6 is 12.4 Å². The van der Waals surface area contributed by atoms with Crippen LogP contribution in [0.5, 0.6) is 0 Å². The van der Waals surface area contributed by atoms with Gasteiger partial charge in [0.1, 0.15) is 0 Å². The Bertz CT molecular complexity index is 412. The van der Waals surface area contributed by atoms with Crippen molar-refractivity contribution in [3.63, 3.8) is 0 Å². The maximum absolute atomic E-state index is 12.6. The van der Waals surface area contributed by atoms with Crippen molar-refractivity contribution < 1.29 is 4.79 Å². The molecule has 3 fully saturated rings. The van der Waals surface area contributed by atoms with E-state index in [0.717, 1.165) is 25.3 Å². The summed E-state index contributed by atoms with van der Waals surface area (Å²) in [7, 11) is 0. The molecule has 0 aromatic rings. The molecule has 122 valence electrons. The van der Waals surface area contributed by atoms with Crippen LogP contribution in [-0.2, 0) is 4.79 Å². The zero-order valence-electron chi connectivity index (χ0n) is 13.9. The average Bonchev–Trinajstić information content (AvgIpc) is 2.72. The number of rotatable bonds is 2. The predicted molar refractivity (Wildman–Crippen MR) is 88.6 cm³/mol. The standard InChI is InChI=1S/C17H30N2O.ClH/c1-11-9-12(6-8-18-11)15(20)19-14-10-13-5-7-17(14,4)16(13,2)3;/h11-14,18H,5-10H2,1-4H3,(H,19,20);1H/t11-,12-,13?,14?,17?;/m0./s1. The minimum absolute atomic E-state index is 0. The number of fused-ring (bicyclic) bond motifs is 2. The molecule has 2 saturated carbocycles. The summed E-state index contributed by atoms with van der Waals surface area (Å²) in [5.41, 5.74) is 0.679. The first-order chi connectivity index (χ1) is 9.34. The number of carbonyl (C=O) groups excluding carboxylic acids is 1. The van der Waals surface area contributed by atoms with Crippen molar-refractivity contribution >= 4 is 18.3 Å². The number of nitrogens with one attached hydrogen (secondary N) is 2. The van der Waals surface area contributed by atoms with Crippen LogP contribution < -0.4 is 10.6 Å². The smallest absolute Gasteiger partial charge is 0.223 e. The largest absolute Gasteiger partial charge is 0.353 e.